The lowest BCUT2D eigenvalue weighted by atomic mass is 9.86. The van der Waals surface area contributed by atoms with Crippen molar-refractivity contribution in [3.63, 3.8) is 0 Å². The molecular weight excluding hydrogens is 278 g/mol. The standard InChI is InChI=1S/C22H21N/c1-4-10-17(11-5-1)20-16-21(18-12-6-2-7-13-18)23-22(20)19-14-8-3-9-15-19/h1-15,20-23H,16H2/t20-,21+,22+/m0/s1. The molecule has 1 saturated heterocycles. The van der Waals surface area contributed by atoms with Crippen molar-refractivity contribution in [3.8, 4) is 0 Å². The summed E-state index contributed by atoms with van der Waals surface area (Å²) in [6.07, 6.45) is 1.13. The van der Waals surface area contributed by atoms with Gasteiger partial charge in [-0.2, -0.15) is 0 Å². The molecule has 0 aromatic heterocycles. The second kappa shape index (κ2) is 6.39. The van der Waals surface area contributed by atoms with Crippen LogP contribution in [0.3, 0.4) is 0 Å². The Kier molecular flexibility index (Phi) is 3.95. The van der Waals surface area contributed by atoms with Crippen LogP contribution in [0.4, 0.5) is 0 Å². The normalized spacial score (nSPS) is 23.7. The Morgan fingerprint density at radius 3 is 1.61 bits per heavy atom. The fourth-order valence-electron chi connectivity index (χ4n) is 3.73. The molecule has 0 bridgehead atoms. The van der Waals surface area contributed by atoms with E-state index in [0.717, 1.165) is 6.42 Å². The molecule has 114 valence electrons. The van der Waals surface area contributed by atoms with Crippen molar-refractivity contribution in [2.45, 2.75) is 24.4 Å². The molecule has 1 heteroatoms. The maximum Gasteiger partial charge on any atom is 0.0395 e. The summed E-state index contributed by atoms with van der Waals surface area (Å²) in [5, 5.41) is 3.87. The topological polar surface area (TPSA) is 12.0 Å². The van der Waals surface area contributed by atoms with Crippen molar-refractivity contribution >= 4 is 0 Å². The third-order valence-electron chi connectivity index (χ3n) is 4.86. The van der Waals surface area contributed by atoms with Gasteiger partial charge in [0, 0.05) is 18.0 Å². The highest BCUT2D eigenvalue weighted by molar-refractivity contribution is 5.33. The minimum absolute atomic E-state index is 0.365. The van der Waals surface area contributed by atoms with Gasteiger partial charge in [0.25, 0.3) is 0 Å². The van der Waals surface area contributed by atoms with E-state index in [0.29, 0.717) is 18.0 Å². The molecule has 3 aromatic carbocycles. The van der Waals surface area contributed by atoms with Gasteiger partial charge in [0.2, 0.25) is 0 Å². The average molecular weight is 299 g/mol. The molecule has 0 saturated carbocycles. The molecule has 1 aliphatic heterocycles. The lowest BCUT2D eigenvalue weighted by molar-refractivity contribution is 0.554. The lowest BCUT2D eigenvalue weighted by Gasteiger charge is -2.20. The van der Waals surface area contributed by atoms with Gasteiger partial charge >= 0.3 is 0 Å². The number of hydrogen-bond donors (Lipinski definition) is 1. The second-order valence-corrected chi connectivity index (χ2v) is 6.27. The molecule has 0 amide bonds. The smallest absolute Gasteiger partial charge is 0.0395 e. The van der Waals surface area contributed by atoms with Crippen LogP contribution in [0.1, 0.15) is 41.1 Å². The number of rotatable bonds is 3. The van der Waals surface area contributed by atoms with Crippen LogP contribution < -0.4 is 5.32 Å². The zero-order valence-electron chi connectivity index (χ0n) is 13.1. The maximum atomic E-state index is 3.87. The zero-order chi connectivity index (χ0) is 15.5. The van der Waals surface area contributed by atoms with Gasteiger partial charge in [0.1, 0.15) is 0 Å². The Bertz CT molecular complexity index is 689. The van der Waals surface area contributed by atoms with Gasteiger partial charge in [0.05, 0.1) is 0 Å². The fourth-order valence-corrected chi connectivity index (χ4v) is 3.73. The van der Waals surface area contributed by atoms with Gasteiger partial charge in [-0.15, -0.1) is 0 Å². The van der Waals surface area contributed by atoms with E-state index in [1.165, 1.54) is 16.7 Å². The Labute approximate surface area is 138 Å². The first-order chi connectivity index (χ1) is 11.4. The van der Waals surface area contributed by atoms with Crippen LogP contribution in [0.5, 0.6) is 0 Å². The summed E-state index contributed by atoms with van der Waals surface area (Å²) < 4.78 is 0. The minimum atomic E-state index is 0.365. The highest BCUT2D eigenvalue weighted by Crippen LogP contribution is 2.45. The van der Waals surface area contributed by atoms with E-state index < -0.39 is 0 Å². The number of nitrogens with one attached hydrogen (secondary N) is 1. The van der Waals surface area contributed by atoms with Crippen LogP contribution >= 0.6 is 0 Å². The first-order valence-corrected chi connectivity index (χ1v) is 8.33. The van der Waals surface area contributed by atoms with E-state index in [1.54, 1.807) is 0 Å². The van der Waals surface area contributed by atoms with Gasteiger partial charge in [0.15, 0.2) is 0 Å². The quantitative estimate of drug-likeness (QED) is 0.697. The van der Waals surface area contributed by atoms with Crippen LogP contribution in [0, 0.1) is 0 Å². The summed E-state index contributed by atoms with van der Waals surface area (Å²) in [5.74, 6) is 0.504. The predicted molar refractivity (Wildman–Crippen MR) is 95.3 cm³/mol. The first-order valence-electron chi connectivity index (χ1n) is 8.33. The summed E-state index contributed by atoms with van der Waals surface area (Å²) in [4.78, 5) is 0. The molecule has 0 radical (unpaired) electrons. The van der Waals surface area contributed by atoms with Crippen LogP contribution in [-0.4, -0.2) is 0 Å². The molecule has 1 heterocycles. The van der Waals surface area contributed by atoms with Crippen molar-refractivity contribution in [2.24, 2.45) is 0 Å². The lowest BCUT2D eigenvalue weighted by Crippen LogP contribution is -2.19. The van der Waals surface area contributed by atoms with Crippen LogP contribution in [0.25, 0.3) is 0 Å². The number of benzene rings is 3. The molecule has 3 aromatic rings. The molecule has 23 heavy (non-hydrogen) atoms. The minimum Gasteiger partial charge on any atom is -0.302 e. The second-order valence-electron chi connectivity index (χ2n) is 6.27. The first kappa shape index (κ1) is 14.2. The zero-order valence-corrected chi connectivity index (χ0v) is 13.1. The Morgan fingerprint density at radius 2 is 1.04 bits per heavy atom. The van der Waals surface area contributed by atoms with E-state index >= 15 is 0 Å². The summed E-state index contributed by atoms with van der Waals surface area (Å²) in [6, 6.07) is 33.3. The third kappa shape index (κ3) is 2.93. The summed E-state index contributed by atoms with van der Waals surface area (Å²) >= 11 is 0. The predicted octanol–water partition coefficient (Wildman–Crippen LogP) is 5.25. The monoisotopic (exact) mass is 299 g/mol. The Balaban J connectivity index is 1.70. The van der Waals surface area contributed by atoms with Crippen molar-refractivity contribution in [1.82, 2.24) is 5.32 Å². The third-order valence-corrected chi connectivity index (χ3v) is 4.86. The SMILES string of the molecule is c1ccc([C@H]2N[C@@H](c3ccccc3)C[C@H]2c2ccccc2)cc1. The summed E-state index contributed by atoms with van der Waals surface area (Å²) in [6.45, 7) is 0. The maximum absolute atomic E-state index is 3.87. The number of hydrogen-bond acceptors (Lipinski definition) is 1. The van der Waals surface area contributed by atoms with Gasteiger partial charge in [-0.1, -0.05) is 91.0 Å². The van der Waals surface area contributed by atoms with Crippen LogP contribution in [0.15, 0.2) is 91.0 Å². The molecule has 0 unspecified atom stereocenters. The molecule has 0 aliphatic carbocycles. The van der Waals surface area contributed by atoms with E-state index in [-0.39, 0.29) is 0 Å². The molecule has 4 rings (SSSR count). The largest absolute Gasteiger partial charge is 0.302 e. The molecule has 1 N–H and O–H groups in total. The van der Waals surface area contributed by atoms with Crippen LogP contribution in [-0.2, 0) is 0 Å². The molecule has 1 fully saturated rings. The molecule has 1 nitrogen and oxygen atoms in total. The fraction of sp³-hybridized carbons (Fsp3) is 0.182. The van der Waals surface area contributed by atoms with Gasteiger partial charge in [-0.05, 0) is 23.1 Å². The van der Waals surface area contributed by atoms with E-state index in [4.69, 9.17) is 0 Å². The summed E-state index contributed by atoms with van der Waals surface area (Å²) in [5.41, 5.74) is 4.18. The molecular formula is C22H21N. The highest BCUT2D eigenvalue weighted by atomic mass is 15.0. The van der Waals surface area contributed by atoms with Crippen LogP contribution in [0.2, 0.25) is 0 Å². The average Bonchev–Trinajstić information content (AvgIpc) is 3.09. The Morgan fingerprint density at radius 1 is 0.565 bits per heavy atom. The molecule has 3 atom stereocenters. The van der Waals surface area contributed by atoms with E-state index in [9.17, 15) is 0 Å². The molecule has 1 aliphatic rings. The van der Waals surface area contributed by atoms with Crippen molar-refractivity contribution < 1.29 is 0 Å². The van der Waals surface area contributed by atoms with Gasteiger partial charge in [-0.25, -0.2) is 0 Å². The van der Waals surface area contributed by atoms with E-state index in [2.05, 4.69) is 96.3 Å². The van der Waals surface area contributed by atoms with Crippen molar-refractivity contribution in [1.29, 1.82) is 0 Å². The van der Waals surface area contributed by atoms with E-state index in [1.807, 2.05) is 0 Å². The highest BCUT2D eigenvalue weighted by Gasteiger charge is 2.35. The van der Waals surface area contributed by atoms with Crippen molar-refractivity contribution in [3.05, 3.63) is 108 Å². The molecule has 0 spiro atoms. The Hall–Kier alpha value is -2.38. The summed E-state index contributed by atoms with van der Waals surface area (Å²) in [7, 11) is 0. The van der Waals surface area contributed by atoms with Gasteiger partial charge < -0.3 is 5.32 Å². The van der Waals surface area contributed by atoms with Crippen molar-refractivity contribution in [2.75, 3.05) is 0 Å². The van der Waals surface area contributed by atoms with Gasteiger partial charge in [-0.3, -0.25) is 0 Å².